The van der Waals surface area contributed by atoms with Gasteiger partial charge in [-0.25, -0.2) is 0 Å². The first-order valence-electron chi connectivity index (χ1n) is 6.61. The number of carbonyl (C=O) groups is 1. The van der Waals surface area contributed by atoms with E-state index in [2.05, 4.69) is 19.2 Å². The lowest BCUT2D eigenvalue weighted by molar-refractivity contribution is -0.121. The quantitative estimate of drug-likeness (QED) is 0.566. The molecule has 0 radical (unpaired) electrons. The fourth-order valence-electron chi connectivity index (χ4n) is 1.69. The molecule has 3 nitrogen and oxygen atoms in total. The zero-order chi connectivity index (χ0) is 12.2. The van der Waals surface area contributed by atoms with Gasteiger partial charge in [0.05, 0.1) is 0 Å². The summed E-state index contributed by atoms with van der Waals surface area (Å²) in [6, 6.07) is 0.290. The van der Waals surface area contributed by atoms with Gasteiger partial charge < -0.3 is 10.4 Å². The minimum Gasteiger partial charge on any atom is -0.396 e. The monoisotopic (exact) mass is 229 g/mol. The molecule has 0 aliphatic rings. The maximum Gasteiger partial charge on any atom is 0.220 e. The molecule has 0 aromatic rings. The van der Waals surface area contributed by atoms with E-state index in [0.717, 1.165) is 19.3 Å². The van der Waals surface area contributed by atoms with E-state index in [4.69, 9.17) is 5.11 Å². The molecule has 16 heavy (non-hydrogen) atoms. The molecule has 1 unspecified atom stereocenters. The van der Waals surface area contributed by atoms with Gasteiger partial charge in [-0.3, -0.25) is 4.79 Å². The summed E-state index contributed by atoms with van der Waals surface area (Å²) in [5, 5.41) is 11.6. The Morgan fingerprint density at radius 3 is 2.56 bits per heavy atom. The van der Waals surface area contributed by atoms with Gasteiger partial charge in [-0.15, -0.1) is 0 Å². The van der Waals surface area contributed by atoms with E-state index >= 15 is 0 Å². The minimum atomic E-state index is 0.122. The average Bonchev–Trinajstić information content (AvgIpc) is 2.25. The summed E-state index contributed by atoms with van der Waals surface area (Å²) in [6.45, 7) is 4.45. The summed E-state index contributed by atoms with van der Waals surface area (Å²) >= 11 is 0. The summed E-state index contributed by atoms with van der Waals surface area (Å²) in [4.78, 5) is 11.4. The number of rotatable bonds is 10. The van der Waals surface area contributed by atoms with Crippen LogP contribution in [0.2, 0.25) is 0 Å². The van der Waals surface area contributed by atoms with Crippen LogP contribution in [-0.4, -0.2) is 23.7 Å². The Kier molecular flexibility index (Phi) is 10.5. The van der Waals surface area contributed by atoms with Crippen LogP contribution in [0.3, 0.4) is 0 Å². The van der Waals surface area contributed by atoms with Gasteiger partial charge in [0.2, 0.25) is 5.91 Å². The zero-order valence-corrected chi connectivity index (χ0v) is 10.8. The highest BCUT2D eigenvalue weighted by molar-refractivity contribution is 5.76. The zero-order valence-electron chi connectivity index (χ0n) is 10.8. The Hall–Kier alpha value is -0.570. The molecule has 0 bridgehead atoms. The molecule has 2 N–H and O–H groups in total. The van der Waals surface area contributed by atoms with Crippen molar-refractivity contribution in [1.29, 1.82) is 0 Å². The third kappa shape index (κ3) is 9.97. The van der Waals surface area contributed by atoms with Gasteiger partial charge in [0.1, 0.15) is 0 Å². The molecule has 1 amide bonds. The van der Waals surface area contributed by atoms with Crippen molar-refractivity contribution in [2.45, 2.75) is 71.3 Å². The predicted octanol–water partition coefficient (Wildman–Crippen LogP) is 2.62. The molecule has 0 saturated heterocycles. The first-order chi connectivity index (χ1) is 7.70. The molecule has 0 fully saturated rings. The molecule has 0 heterocycles. The van der Waals surface area contributed by atoms with Crippen molar-refractivity contribution < 1.29 is 9.90 Å². The number of aliphatic hydroxyl groups is 1. The van der Waals surface area contributed by atoms with Crippen LogP contribution < -0.4 is 5.32 Å². The smallest absolute Gasteiger partial charge is 0.220 e. The molecule has 0 rings (SSSR count). The average molecular weight is 229 g/mol. The summed E-state index contributed by atoms with van der Waals surface area (Å²) in [5.74, 6) is 0.122. The van der Waals surface area contributed by atoms with Gasteiger partial charge in [-0.2, -0.15) is 0 Å². The lowest BCUT2D eigenvalue weighted by Gasteiger charge is -2.13. The fourth-order valence-corrected chi connectivity index (χ4v) is 1.69. The topological polar surface area (TPSA) is 49.3 Å². The summed E-state index contributed by atoms with van der Waals surface area (Å²) in [7, 11) is 0. The maximum absolute atomic E-state index is 11.4. The molecule has 0 aliphatic heterocycles. The first-order valence-corrected chi connectivity index (χ1v) is 6.61. The van der Waals surface area contributed by atoms with Gasteiger partial charge in [-0.05, 0) is 26.2 Å². The second-order valence-corrected chi connectivity index (χ2v) is 4.50. The normalized spacial score (nSPS) is 12.4. The second kappa shape index (κ2) is 10.9. The third-order valence-corrected chi connectivity index (χ3v) is 2.71. The standard InChI is InChI=1S/C13H27NO2/c1-3-4-5-6-9-12(2)14-13(16)10-7-8-11-15/h12,15H,3-11H2,1-2H3,(H,14,16). The van der Waals surface area contributed by atoms with Gasteiger partial charge in [-0.1, -0.05) is 32.6 Å². The lowest BCUT2D eigenvalue weighted by atomic mass is 10.1. The van der Waals surface area contributed by atoms with Crippen LogP contribution in [0.5, 0.6) is 0 Å². The van der Waals surface area contributed by atoms with Crippen molar-refractivity contribution >= 4 is 5.91 Å². The molecule has 1 atom stereocenters. The summed E-state index contributed by atoms with van der Waals surface area (Å²) in [6.07, 6.45) is 8.13. The van der Waals surface area contributed by atoms with Gasteiger partial charge in [0, 0.05) is 19.1 Å². The lowest BCUT2D eigenvalue weighted by Crippen LogP contribution is -2.32. The van der Waals surface area contributed by atoms with Gasteiger partial charge in [0.15, 0.2) is 0 Å². The minimum absolute atomic E-state index is 0.122. The van der Waals surface area contributed by atoms with E-state index in [9.17, 15) is 4.79 Å². The van der Waals surface area contributed by atoms with Crippen molar-refractivity contribution in [3.63, 3.8) is 0 Å². The Labute approximate surface area is 99.6 Å². The Bertz CT molecular complexity index is 171. The highest BCUT2D eigenvalue weighted by Crippen LogP contribution is 2.05. The number of hydrogen-bond donors (Lipinski definition) is 2. The molecule has 96 valence electrons. The molecule has 0 aromatic carbocycles. The highest BCUT2D eigenvalue weighted by atomic mass is 16.2. The fraction of sp³-hybridized carbons (Fsp3) is 0.923. The third-order valence-electron chi connectivity index (χ3n) is 2.71. The van der Waals surface area contributed by atoms with Crippen molar-refractivity contribution in [3.05, 3.63) is 0 Å². The van der Waals surface area contributed by atoms with Crippen molar-refractivity contribution in [3.8, 4) is 0 Å². The number of amides is 1. The molecular formula is C13H27NO2. The van der Waals surface area contributed by atoms with Crippen LogP contribution in [0, 0.1) is 0 Å². The summed E-state index contributed by atoms with van der Waals surface area (Å²) < 4.78 is 0. The molecule has 0 aliphatic carbocycles. The molecule has 3 heteroatoms. The molecule has 0 aromatic heterocycles. The largest absolute Gasteiger partial charge is 0.396 e. The van der Waals surface area contributed by atoms with Crippen molar-refractivity contribution in [2.75, 3.05) is 6.61 Å². The van der Waals surface area contributed by atoms with E-state index in [-0.39, 0.29) is 12.5 Å². The second-order valence-electron chi connectivity index (χ2n) is 4.50. The van der Waals surface area contributed by atoms with Crippen LogP contribution in [0.15, 0.2) is 0 Å². The Morgan fingerprint density at radius 1 is 1.19 bits per heavy atom. The number of nitrogens with one attached hydrogen (secondary N) is 1. The van der Waals surface area contributed by atoms with Gasteiger partial charge >= 0.3 is 0 Å². The van der Waals surface area contributed by atoms with E-state index in [0.29, 0.717) is 12.5 Å². The molecular weight excluding hydrogens is 202 g/mol. The first kappa shape index (κ1) is 15.4. The van der Waals surface area contributed by atoms with Crippen LogP contribution in [-0.2, 0) is 4.79 Å². The predicted molar refractivity (Wildman–Crippen MR) is 67.3 cm³/mol. The van der Waals surface area contributed by atoms with Crippen LogP contribution in [0.25, 0.3) is 0 Å². The molecule has 0 saturated carbocycles. The van der Waals surface area contributed by atoms with Crippen molar-refractivity contribution in [1.82, 2.24) is 5.32 Å². The van der Waals surface area contributed by atoms with Crippen LogP contribution in [0.4, 0.5) is 0 Å². The van der Waals surface area contributed by atoms with Crippen LogP contribution >= 0.6 is 0 Å². The van der Waals surface area contributed by atoms with Crippen molar-refractivity contribution in [2.24, 2.45) is 0 Å². The number of unbranched alkanes of at least 4 members (excludes halogenated alkanes) is 4. The van der Waals surface area contributed by atoms with E-state index in [1.54, 1.807) is 0 Å². The van der Waals surface area contributed by atoms with Gasteiger partial charge in [0.25, 0.3) is 0 Å². The number of aliphatic hydroxyl groups excluding tert-OH is 1. The van der Waals surface area contributed by atoms with E-state index < -0.39 is 0 Å². The number of hydrogen-bond acceptors (Lipinski definition) is 2. The summed E-state index contributed by atoms with van der Waals surface area (Å²) in [5.41, 5.74) is 0. The molecule has 0 spiro atoms. The van der Waals surface area contributed by atoms with E-state index in [1.165, 1.54) is 25.7 Å². The Balaban J connectivity index is 3.39. The maximum atomic E-state index is 11.4. The van der Waals surface area contributed by atoms with E-state index in [1.807, 2.05) is 0 Å². The SMILES string of the molecule is CCCCCCC(C)NC(=O)CCCCO. The van der Waals surface area contributed by atoms with Crippen LogP contribution in [0.1, 0.15) is 65.2 Å². The number of carbonyl (C=O) groups excluding carboxylic acids is 1. The highest BCUT2D eigenvalue weighted by Gasteiger charge is 2.06. The Morgan fingerprint density at radius 2 is 1.94 bits per heavy atom.